The van der Waals surface area contributed by atoms with Crippen molar-refractivity contribution in [2.24, 2.45) is 0 Å². The summed E-state index contributed by atoms with van der Waals surface area (Å²) in [4.78, 5) is 27.1. The van der Waals surface area contributed by atoms with Crippen LogP contribution in [-0.2, 0) is 22.6 Å². The zero-order valence-corrected chi connectivity index (χ0v) is 16.9. The fraction of sp³-hybridized carbons (Fsp3) is 0.364. The van der Waals surface area contributed by atoms with Crippen LogP contribution in [0.4, 0.5) is 0 Å². The van der Waals surface area contributed by atoms with Crippen LogP contribution in [0.2, 0.25) is 0 Å². The summed E-state index contributed by atoms with van der Waals surface area (Å²) in [5.74, 6) is 1.22. The van der Waals surface area contributed by atoms with Crippen LogP contribution in [0.3, 0.4) is 0 Å². The van der Waals surface area contributed by atoms with Gasteiger partial charge in [0, 0.05) is 13.6 Å². The van der Waals surface area contributed by atoms with E-state index in [0.717, 1.165) is 22.6 Å². The Morgan fingerprint density at radius 3 is 1.86 bits per heavy atom. The fourth-order valence-electron chi connectivity index (χ4n) is 3.03. The van der Waals surface area contributed by atoms with Gasteiger partial charge < -0.3 is 19.7 Å². The van der Waals surface area contributed by atoms with E-state index in [1.54, 1.807) is 26.2 Å². The van der Waals surface area contributed by atoms with E-state index in [1.165, 1.54) is 0 Å². The van der Waals surface area contributed by atoms with Crippen molar-refractivity contribution in [2.45, 2.75) is 32.4 Å². The van der Waals surface area contributed by atoms with Gasteiger partial charge in [0.05, 0.1) is 20.6 Å². The van der Waals surface area contributed by atoms with Crippen LogP contribution in [0.5, 0.6) is 11.5 Å². The molecular formula is C22H28N2O4. The van der Waals surface area contributed by atoms with Crippen LogP contribution in [0, 0.1) is 0 Å². The highest BCUT2D eigenvalue weighted by Crippen LogP contribution is 2.18. The lowest BCUT2D eigenvalue weighted by Gasteiger charge is -2.30. The Morgan fingerprint density at radius 1 is 0.929 bits per heavy atom. The summed E-state index contributed by atoms with van der Waals surface area (Å²) in [6.07, 6.45) is 0.748. The molecule has 2 amide bonds. The lowest BCUT2D eigenvalue weighted by Crippen LogP contribution is -2.48. The maximum absolute atomic E-state index is 13.1. The van der Waals surface area contributed by atoms with Gasteiger partial charge in [0.15, 0.2) is 0 Å². The van der Waals surface area contributed by atoms with Gasteiger partial charge in [-0.2, -0.15) is 0 Å². The molecular weight excluding hydrogens is 356 g/mol. The summed E-state index contributed by atoms with van der Waals surface area (Å²) in [6, 6.07) is 14.4. The Kier molecular flexibility index (Phi) is 7.87. The van der Waals surface area contributed by atoms with Crippen molar-refractivity contribution >= 4 is 11.8 Å². The Morgan fingerprint density at radius 2 is 1.43 bits per heavy atom. The van der Waals surface area contributed by atoms with E-state index in [2.05, 4.69) is 5.32 Å². The topological polar surface area (TPSA) is 67.9 Å². The normalized spacial score (nSPS) is 11.4. The molecule has 2 aromatic carbocycles. The summed E-state index contributed by atoms with van der Waals surface area (Å²) >= 11 is 0. The third-order valence-electron chi connectivity index (χ3n) is 4.66. The van der Waals surface area contributed by atoms with Gasteiger partial charge in [-0.1, -0.05) is 31.2 Å². The van der Waals surface area contributed by atoms with Crippen molar-refractivity contribution in [2.75, 3.05) is 21.3 Å². The van der Waals surface area contributed by atoms with Crippen LogP contribution >= 0.6 is 0 Å². The number of ether oxygens (including phenoxy) is 2. The zero-order chi connectivity index (χ0) is 20.5. The number of benzene rings is 2. The molecule has 1 atom stereocenters. The summed E-state index contributed by atoms with van der Waals surface area (Å²) in [5, 5.41) is 2.66. The van der Waals surface area contributed by atoms with E-state index >= 15 is 0 Å². The molecule has 0 aromatic heterocycles. The number of nitrogens with one attached hydrogen (secondary N) is 1. The first-order valence-electron chi connectivity index (χ1n) is 9.29. The summed E-state index contributed by atoms with van der Waals surface area (Å²) < 4.78 is 10.4. The van der Waals surface area contributed by atoms with E-state index in [0.29, 0.717) is 13.0 Å². The number of methoxy groups -OCH3 is 2. The molecule has 150 valence electrons. The second-order valence-corrected chi connectivity index (χ2v) is 6.43. The second kappa shape index (κ2) is 10.3. The lowest BCUT2D eigenvalue weighted by atomic mass is 10.1. The first-order chi connectivity index (χ1) is 13.5. The number of hydrogen-bond donors (Lipinski definition) is 1. The second-order valence-electron chi connectivity index (χ2n) is 6.43. The maximum atomic E-state index is 13.1. The monoisotopic (exact) mass is 384 g/mol. The SMILES string of the molecule is CC[C@@H](C(=O)NC)N(Cc1ccc(OC)cc1)C(=O)Cc1ccc(OC)cc1. The molecule has 6 nitrogen and oxygen atoms in total. The maximum Gasteiger partial charge on any atom is 0.242 e. The smallest absolute Gasteiger partial charge is 0.242 e. The zero-order valence-electron chi connectivity index (χ0n) is 16.9. The number of carbonyl (C=O) groups excluding carboxylic acids is 2. The van der Waals surface area contributed by atoms with E-state index in [-0.39, 0.29) is 18.2 Å². The molecule has 0 aliphatic carbocycles. The van der Waals surface area contributed by atoms with E-state index < -0.39 is 6.04 Å². The van der Waals surface area contributed by atoms with Crippen molar-refractivity contribution in [1.82, 2.24) is 10.2 Å². The summed E-state index contributed by atoms with van der Waals surface area (Å²) in [5.41, 5.74) is 1.81. The van der Waals surface area contributed by atoms with Gasteiger partial charge in [-0.15, -0.1) is 0 Å². The minimum absolute atomic E-state index is 0.101. The highest BCUT2D eigenvalue weighted by Gasteiger charge is 2.28. The Labute approximate surface area is 166 Å². The summed E-state index contributed by atoms with van der Waals surface area (Å²) in [6.45, 7) is 2.26. The van der Waals surface area contributed by atoms with Crippen molar-refractivity contribution < 1.29 is 19.1 Å². The molecule has 28 heavy (non-hydrogen) atoms. The third kappa shape index (κ3) is 5.49. The standard InChI is InChI=1S/C22H28N2O4/c1-5-20(22(26)23-2)24(15-17-8-12-19(28-4)13-9-17)21(25)14-16-6-10-18(27-3)11-7-16/h6-13,20H,5,14-15H2,1-4H3,(H,23,26)/t20-/m0/s1. The Hall–Kier alpha value is -3.02. The molecule has 2 rings (SSSR count). The fourth-order valence-corrected chi connectivity index (χ4v) is 3.03. The predicted molar refractivity (Wildman–Crippen MR) is 108 cm³/mol. The van der Waals surface area contributed by atoms with Crippen molar-refractivity contribution in [3.8, 4) is 11.5 Å². The van der Waals surface area contributed by atoms with Gasteiger partial charge in [0.2, 0.25) is 11.8 Å². The van der Waals surface area contributed by atoms with E-state index in [9.17, 15) is 9.59 Å². The Bertz CT molecular complexity index is 772. The highest BCUT2D eigenvalue weighted by molar-refractivity contribution is 5.88. The molecule has 0 saturated carbocycles. The molecule has 2 aromatic rings. The van der Waals surface area contributed by atoms with E-state index in [1.807, 2.05) is 55.5 Å². The first-order valence-corrected chi connectivity index (χ1v) is 9.29. The number of likely N-dealkylation sites (N-methyl/N-ethyl adjacent to an activating group) is 1. The molecule has 0 spiro atoms. The van der Waals surface area contributed by atoms with Gasteiger partial charge in [-0.25, -0.2) is 0 Å². The van der Waals surface area contributed by atoms with Gasteiger partial charge in [-0.05, 0) is 41.8 Å². The van der Waals surface area contributed by atoms with Crippen LogP contribution in [0.1, 0.15) is 24.5 Å². The number of rotatable bonds is 9. The number of hydrogen-bond acceptors (Lipinski definition) is 4. The first kappa shape index (κ1) is 21.3. The molecule has 0 unspecified atom stereocenters. The largest absolute Gasteiger partial charge is 0.497 e. The Balaban J connectivity index is 2.24. The van der Waals surface area contributed by atoms with E-state index in [4.69, 9.17) is 9.47 Å². The molecule has 0 saturated heterocycles. The molecule has 6 heteroatoms. The third-order valence-corrected chi connectivity index (χ3v) is 4.66. The quantitative estimate of drug-likeness (QED) is 0.722. The minimum Gasteiger partial charge on any atom is -0.497 e. The van der Waals surface area contributed by atoms with Crippen LogP contribution < -0.4 is 14.8 Å². The highest BCUT2D eigenvalue weighted by atomic mass is 16.5. The molecule has 1 N–H and O–H groups in total. The van der Waals surface area contributed by atoms with Crippen molar-refractivity contribution in [3.05, 3.63) is 59.7 Å². The van der Waals surface area contributed by atoms with Crippen molar-refractivity contribution in [1.29, 1.82) is 0 Å². The van der Waals surface area contributed by atoms with Gasteiger partial charge in [-0.3, -0.25) is 9.59 Å². The average molecular weight is 384 g/mol. The van der Waals surface area contributed by atoms with Crippen LogP contribution in [0.15, 0.2) is 48.5 Å². The molecule has 0 aliphatic rings. The number of carbonyl (C=O) groups is 2. The van der Waals surface area contributed by atoms with Gasteiger partial charge >= 0.3 is 0 Å². The summed E-state index contributed by atoms with van der Waals surface area (Å²) in [7, 11) is 4.80. The number of nitrogens with zero attached hydrogens (tertiary/aromatic N) is 1. The predicted octanol–water partition coefficient (Wildman–Crippen LogP) is 2.80. The molecule has 0 aliphatic heterocycles. The van der Waals surface area contributed by atoms with Crippen LogP contribution in [-0.4, -0.2) is 44.0 Å². The average Bonchev–Trinajstić information content (AvgIpc) is 2.74. The van der Waals surface area contributed by atoms with Crippen LogP contribution in [0.25, 0.3) is 0 Å². The molecule has 0 radical (unpaired) electrons. The lowest BCUT2D eigenvalue weighted by molar-refractivity contribution is -0.140. The number of amides is 2. The molecule has 0 bridgehead atoms. The van der Waals surface area contributed by atoms with Gasteiger partial charge in [0.1, 0.15) is 17.5 Å². The van der Waals surface area contributed by atoms with Gasteiger partial charge in [0.25, 0.3) is 0 Å². The van der Waals surface area contributed by atoms with Crippen molar-refractivity contribution in [3.63, 3.8) is 0 Å². The minimum atomic E-state index is -0.530. The molecule has 0 heterocycles. The molecule has 0 fully saturated rings.